The van der Waals surface area contributed by atoms with Gasteiger partial charge in [-0.05, 0) is 38.8 Å². The van der Waals surface area contributed by atoms with Crippen molar-refractivity contribution in [3.8, 4) is 0 Å². The summed E-state index contributed by atoms with van der Waals surface area (Å²) in [7, 11) is 3.86. The van der Waals surface area contributed by atoms with Crippen LogP contribution in [0.25, 0.3) is 0 Å². The van der Waals surface area contributed by atoms with Crippen LogP contribution in [-0.2, 0) is 4.79 Å². The van der Waals surface area contributed by atoms with Gasteiger partial charge >= 0.3 is 12.0 Å². The molecule has 0 aromatic carbocycles. The number of carbonyl (C=O) groups is 2. The first kappa shape index (κ1) is 14.1. The number of nitrogens with zero attached hydrogens (tertiary/aromatic N) is 2. The quantitative estimate of drug-likeness (QED) is 0.760. The van der Waals surface area contributed by atoms with Crippen molar-refractivity contribution in [1.82, 2.24) is 15.1 Å². The Hall–Kier alpha value is -1.30. The molecule has 1 unspecified atom stereocenters. The largest absolute Gasteiger partial charge is 0.481 e. The highest BCUT2D eigenvalue weighted by Gasteiger charge is 2.50. The van der Waals surface area contributed by atoms with Gasteiger partial charge in [0.15, 0.2) is 0 Å². The van der Waals surface area contributed by atoms with Crippen molar-refractivity contribution in [3.63, 3.8) is 0 Å². The lowest BCUT2D eigenvalue weighted by atomic mass is 10.1. The van der Waals surface area contributed by atoms with E-state index in [4.69, 9.17) is 5.11 Å². The van der Waals surface area contributed by atoms with Crippen molar-refractivity contribution >= 4 is 12.0 Å². The number of likely N-dealkylation sites (tertiary alicyclic amines) is 1. The number of nitrogens with one attached hydrogen (secondary N) is 1. The van der Waals surface area contributed by atoms with Crippen molar-refractivity contribution < 1.29 is 14.7 Å². The van der Waals surface area contributed by atoms with Crippen LogP contribution >= 0.6 is 0 Å². The van der Waals surface area contributed by atoms with Gasteiger partial charge in [0.05, 0.1) is 5.41 Å². The number of urea groups is 1. The van der Waals surface area contributed by atoms with Crippen LogP contribution in [0.1, 0.15) is 19.3 Å². The minimum Gasteiger partial charge on any atom is -0.481 e. The van der Waals surface area contributed by atoms with Crippen LogP contribution in [0, 0.1) is 11.3 Å². The number of aliphatic carboxylic acids is 1. The molecule has 0 spiro atoms. The van der Waals surface area contributed by atoms with E-state index in [0.717, 1.165) is 26.1 Å². The van der Waals surface area contributed by atoms with Gasteiger partial charge in [0.1, 0.15) is 0 Å². The van der Waals surface area contributed by atoms with E-state index in [1.165, 1.54) is 0 Å². The average molecular weight is 269 g/mol. The van der Waals surface area contributed by atoms with Crippen LogP contribution in [0.4, 0.5) is 4.79 Å². The standard InChI is InChI=1S/C13H23N3O3/c1-15-6-3-10(7-15)8-16(2)12(19)14-9-13(4-5-13)11(17)18/h10H,3-9H2,1-2H3,(H,14,19)(H,17,18). The Morgan fingerprint density at radius 1 is 1.47 bits per heavy atom. The van der Waals surface area contributed by atoms with Gasteiger partial charge in [0.25, 0.3) is 0 Å². The van der Waals surface area contributed by atoms with E-state index in [2.05, 4.69) is 17.3 Å². The molecule has 0 bridgehead atoms. The zero-order valence-corrected chi connectivity index (χ0v) is 11.7. The second-order valence-electron chi connectivity index (χ2n) is 6.04. The maximum atomic E-state index is 11.9. The van der Waals surface area contributed by atoms with Crippen LogP contribution in [0.15, 0.2) is 0 Å². The topological polar surface area (TPSA) is 72.9 Å². The molecule has 0 aromatic heterocycles. The van der Waals surface area contributed by atoms with E-state index < -0.39 is 11.4 Å². The zero-order valence-electron chi connectivity index (χ0n) is 11.7. The molecule has 1 atom stereocenters. The van der Waals surface area contributed by atoms with Crippen LogP contribution < -0.4 is 5.32 Å². The van der Waals surface area contributed by atoms with Gasteiger partial charge in [-0.15, -0.1) is 0 Å². The Bertz CT molecular complexity index is 368. The van der Waals surface area contributed by atoms with Crippen molar-refractivity contribution in [2.24, 2.45) is 11.3 Å². The summed E-state index contributed by atoms with van der Waals surface area (Å²) in [6.45, 7) is 3.09. The summed E-state index contributed by atoms with van der Waals surface area (Å²) in [5.41, 5.74) is -0.690. The maximum absolute atomic E-state index is 11.9. The van der Waals surface area contributed by atoms with Gasteiger partial charge in [-0.3, -0.25) is 4.79 Å². The number of carboxylic acid groups (broad SMARTS) is 1. The average Bonchev–Trinajstić information content (AvgIpc) is 3.05. The highest BCUT2D eigenvalue weighted by molar-refractivity contribution is 5.80. The van der Waals surface area contributed by atoms with E-state index in [0.29, 0.717) is 18.8 Å². The van der Waals surface area contributed by atoms with Crippen molar-refractivity contribution in [3.05, 3.63) is 0 Å². The monoisotopic (exact) mass is 269 g/mol. The van der Waals surface area contributed by atoms with E-state index in [1.807, 2.05) is 0 Å². The molecule has 1 saturated carbocycles. The molecule has 0 aromatic rings. The van der Waals surface area contributed by atoms with Crippen molar-refractivity contribution in [2.45, 2.75) is 19.3 Å². The van der Waals surface area contributed by atoms with Crippen molar-refractivity contribution in [2.75, 3.05) is 40.3 Å². The fourth-order valence-corrected chi connectivity index (χ4v) is 2.64. The lowest BCUT2D eigenvalue weighted by Crippen LogP contribution is -2.43. The summed E-state index contributed by atoms with van der Waals surface area (Å²) < 4.78 is 0. The molecule has 2 rings (SSSR count). The Kier molecular flexibility index (Phi) is 3.99. The van der Waals surface area contributed by atoms with Crippen LogP contribution in [0.3, 0.4) is 0 Å². The molecule has 0 radical (unpaired) electrons. The SMILES string of the molecule is CN1CCC(CN(C)C(=O)NCC2(C(=O)O)CC2)C1. The summed E-state index contributed by atoms with van der Waals surface area (Å²) in [4.78, 5) is 26.9. The molecule has 1 heterocycles. The van der Waals surface area contributed by atoms with E-state index >= 15 is 0 Å². The third-order valence-corrected chi connectivity index (χ3v) is 4.25. The highest BCUT2D eigenvalue weighted by Crippen LogP contribution is 2.45. The van der Waals surface area contributed by atoms with E-state index in [9.17, 15) is 9.59 Å². The Labute approximate surface area is 113 Å². The van der Waals surface area contributed by atoms with Gasteiger partial charge in [0.2, 0.25) is 0 Å². The van der Waals surface area contributed by atoms with E-state index in [1.54, 1.807) is 11.9 Å². The fourth-order valence-electron chi connectivity index (χ4n) is 2.64. The first-order valence-corrected chi connectivity index (χ1v) is 6.84. The number of carbonyl (C=O) groups excluding carboxylic acids is 1. The molecule has 1 aliphatic carbocycles. The molecule has 1 saturated heterocycles. The first-order chi connectivity index (χ1) is 8.93. The third-order valence-electron chi connectivity index (χ3n) is 4.25. The Morgan fingerprint density at radius 2 is 2.16 bits per heavy atom. The molecule has 2 fully saturated rings. The summed E-state index contributed by atoms with van der Waals surface area (Å²) in [6, 6.07) is -0.165. The maximum Gasteiger partial charge on any atom is 0.317 e. The summed E-state index contributed by atoms with van der Waals surface area (Å²) in [5, 5.41) is 11.8. The third kappa shape index (κ3) is 3.37. The summed E-state index contributed by atoms with van der Waals surface area (Å²) in [6.07, 6.45) is 2.45. The molecule has 2 amide bonds. The first-order valence-electron chi connectivity index (χ1n) is 6.84. The molecule has 6 nitrogen and oxygen atoms in total. The lowest BCUT2D eigenvalue weighted by molar-refractivity contribution is -0.143. The molecular formula is C13H23N3O3. The minimum atomic E-state index is -0.798. The van der Waals surface area contributed by atoms with Crippen LogP contribution in [-0.4, -0.2) is 67.2 Å². The highest BCUT2D eigenvalue weighted by atomic mass is 16.4. The summed E-state index contributed by atoms with van der Waals surface area (Å²) >= 11 is 0. The molecule has 108 valence electrons. The van der Waals surface area contributed by atoms with Crippen LogP contribution in [0.2, 0.25) is 0 Å². The Balaban J connectivity index is 1.72. The van der Waals surface area contributed by atoms with Gasteiger partial charge in [-0.25, -0.2) is 4.79 Å². The summed E-state index contributed by atoms with van der Waals surface area (Å²) in [5.74, 6) is -0.275. The predicted octanol–water partition coefficient (Wildman–Crippen LogP) is 0.444. The van der Waals surface area contributed by atoms with E-state index in [-0.39, 0.29) is 12.6 Å². The van der Waals surface area contributed by atoms with Gasteiger partial charge in [-0.2, -0.15) is 0 Å². The normalized spacial score (nSPS) is 25.1. The van der Waals surface area contributed by atoms with Crippen molar-refractivity contribution in [1.29, 1.82) is 0 Å². The second-order valence-corrected chi connectivity index (χ2v) is 6.04. The lowest BCUT2D eigenvalue weighted by Gasteiger charge is -2.22. The van der Waals surface area contributed by atoms with Crippen LogP contribution in [0.5, 0.6) is 0 Å². The molecule has 2 N–H and O–H groups in total. The number of hydrogen-bond acceptors (Lipinski definition) is 3. The number of rotatable bonds is 5. The molecular weight excluding hydrogens is 246 g/mol. The van der Waals surface area contributed by atoms with Gasteiger partial charge < -0.3 is 20.2 Å². The smallest absolute Gasteiger partial charge is 0.317 e. The number of hydrogen-bond donors (Lipinski definition) is 2. The van der Waals surface area contributed by atoms with Gasteiger partial charge in [0, 0.05) is 26.7 Å². The molecule has 19 heavy (non-hydrogen) atoms. The second kappa shape index (κ2) is 5.36. The number of amides is 2. The molecule has 2 aliphatic rings. The molecule has 6 heteroatoms. The number of carboxylic acids is 1. The predicted molar refractivity (Wildman–Crippen MR) is 70.9 cm³/mol. The minimum absolute atomic E-state index is 0.165. The Morgan fingerprint density at radius 3 is 2.63 bits per heavy atom. The molecule has 1 aliphatic heterocycles. The fraction of sp³-hybridized carbons (Fsp3) is 0.846. The zero-order chi connectivity index (χ0) is 14.0. The van der Waals surface area contributed by atoms with Gasteiger partial charge in [-0.1, -0.05) is 0 Å².